The van der Waals surface area contributed by atoms with Crippen LogP contribution in [0.25, 0.3) is 0 Å². The number of alkyl carbamates (subject to hydrolysis) is 1. The van der Waals surface area contributed by atoms with E-state index in [-0.39, 0.29) is 6.09 Å². The molecule has 0 aliphatic heterocycles. The Kier molecular flexibility index (Phi) is 6.35. The number of ether oxygens (including phenoxy) is 1. The van der Waals surface area contributed by atoms with Gasteiger partial charge in [-0.05, 0) is 18.4 Å². The van der Waals surface area contributed by atoms with Crippen LogP contribution in [-0.2, 0) is 11.3 Å². The molecule has 0 atom stereocenters. The second-order valence-electron chi connectivity index (χ2n) is 3.65. The molecule has 1 N–H and O–H groups in total. The van der Waals surface area contributed by atoms with Crippen LogP contribution in [0.3, 0.4) is 0 Å². The van der Waals surface area contributed by atoms with Gasteiger partial charge < -0.3 is 10.1 Å². The van der Waals surface area contributed by atoms with Crippen molar-refractivity contribution in [1.82, 2.24) is 5.32 Å². The lowest BCUT2D eigenvalue weighted by Crippen LogP contribution is -2.25. The SMILES string of the molecule is C#CCCCCNC(=O)OCc1ccccc1. The summed E-state index contributed by atoms with van der Waals surface area (Å²) in [4.78, 5) is 11.3. The van der Waals surface area contributed by atoms with E-state index in [4.69, 9.17) is 11.2 Å². The molecule has 0 heterocycles. The van der Waals surface area contributed by atoms with Crippen molar-refractivity contribution in [2.24, 2.45) is 0 Å². The highest BCUT2D eigenvalue weighted by molar-refractivity contribution is 5.67. The molecule has 0 aliphatic rings. The average molecular weight is 231 g/mol. The molecule has 0 radical (unpaired) electrons. The molecule has 0 fully saturated rings. The average Bonchev–Trinajstić information content (AvgIpc) is 2.37. The van der Waals surface area contributed by atoms with Crippen LogP contribution in [0.1, 0.15) is 24.8 Å². The first kappa shape index (κ1) is 13.1. The van der Waals surface area contributed by atoms with E-state index in [1.54, 1.807) is 0 Å². The van der Waals surface area contributed by atoms with Gasteiger partial charge in [0.15, 0.2) is 0 Å². The summed E-state index contributed by atoms with van der Waals surface area (Å²) in [5, 5.41) is 2.68. The summed E-state index contributed by atoms with van der Waals surface area (Å²) in [6, 6.07) is 9.59. The second kappa shape index (κ2) is 8.23. The van der Waals surface area contributed by atoms with Crippen molar-refractivity contribution in [1.29, 1.82) is 0 Å². The van der Waals surface area contributed by atoms with Crippen molar-refractivity contribution in [3.63, 3.8) is 0 Å². The first-order valence-corrected chi connectivity index (χ1v) is 5.71. The zero-order chi connectivity index (χ0) is 12.3. The Morgan fingerprint density at radius 1 is 1.29 bits per heavy atom. The van der Waals surface area contributed by atoms with Crippen LogP contribution in [-0.4, -0.2) is 12.6 Å². The summed E-state index contributed by atoms with van der Waals surface area (Å²) in [6.07, 6.45) is 7.30. The van der Waals surface area contributed by atoms with Gasteiger partial charge in [-0.1, -0.05) is 30.3 Å². The molecule has 0 saturated heterocycles. The maximum Gasteiger partial charge on any atom is 0.407 e. The van der Waals surface area contributed by atoms with Crippen LogP contribution >= 0.6 is 0 Å². The van der Waals surface area contributed by atoms with E-state index in [1.165, 1.54) is 0 Å². The van der Waals surface area contributed by atoms with Crippen LogP contribution in [0.4, 0.5) is 4.79 Å². The Morgan fingerprint density at radius 2 is 2.06 bits per heavy atom. The molecule has 0 spiro atoms. The van der Waals surface area contributed by atoms with E-state index >= 15 is 0 Å². The molecule has 0 aromatic heterocycles. The standard InChI is InChI=1S/C14H17NO2/c1-2-3-4-8-11-15-14(16)17-12-13-9-6-5-7-10-13/h1,5-7,9-10H,3-4,8,11-12H2,(H,15,16). The van der Waals surface area contributed by atoms with E-state index in [2.05, 4.69) is 11.2 Å². The zero-order valence-corrected chi connectivity index (χ0v) is 9.82. The number of terminal acetylenes is 1. The van der Waals surface area contributed by atoms with Crippen molar-refractivity contribution in [3.8, 4) is 12.3 Å². The number of rotatable bonds is 6. The highest BCUT2D eigenvalue weighted by Gasteiger charge is 2.00. The smallest absolute Gasteiger partial charge is 0.407 e. The summed E-state index contributed by atoms with van der Waals surface area (Å²) >= 11 is 0. The summed E-state index contributed by atoms with van der Waals surface area (Å²) in [5.41, 5.74) is 0.981. The lowest BCUT2D eigenvalue weighted by Gasteiger charge is -2.06. The normalized spacial score (nSPS) is 9.35. The van der Waals surface area contributed by atoms with Gasteiger partial charge in [-0.3, -0.25) is 0 Å². The molecule has 1 rings (SSSR count). The Morgan fingerprint density at radius 3 is 2.76 bits per heavy atom. The summed E-state index contributed by atoms with van der Waals surface area (Å²) < 4.78 is 5.04. The van der Waals surface area contributed by atoms with Crippen LogP contribution in [0.2, 0.25) is 0 Å². The number of hydrogen-bond acceptors (Lipinski definition) is 2. The minimum Gasteiger partial charge on any atom is -0.445 e. The number of unbranched alkanes of at least 4 members (excludes halogenated alkanes) is 2. The maximum atomic E-state index is 11.3. The van der Waals surface area contributed by atoms with Gasteiger partial charge in [0, 0.05) is 13.0 Å². The second-order valence-corrected chi connectivity index (χ2v) is 3.65. The molecule has 1 aromatic carbocycles. The number of benzene rings is 1. The summed E-state index contributed by atoms with van der Waals surface area (Å²) in [7, 11) is 0. The molecule has 0 bridgehead atoms. The Hall–Kier alpha value is -1.95. The quantitative estimate of drug-likeness (QED) is 0.604. The van der Waals surface area contributed by atoms with E-state index in [0.717, 1.165) is 24.8 Å². The first-order chi connectivity index (χ1) is 8.33. The molecule has 90 valence electrons. The number of carbonyl (C=O) groups excluding carboxylic acids is 1. The van der Waals surface area contributed by atoms with Crippen LogP contribution in [0.5, 0.6) is 0 Å². The third-order valence-electron chi connectivity index (χ3n) is 2.23. The Bertz CT molecular complexity index is 368. The highest BCUT2D eigenvalue weighted by atomic mass is 16.5. The van der Waals surface area contributed by atoms with Gasteiger partial charge in [0.25, 0.3) is 0 Å². The van der Waals surface area contributed by atoms with Gasteiger partial charge in [-0.15, -0.1) is 12.3 Å². The minimum atomic E-state index is -0.380. The van der Waals surface area contributed by atoms with Crippen molar-refractivity contribution in [2.45, 2.75) is 25.9 Å². The van der Waals surface area contributed by atoms with Gasteiger partial charge >= 0.3 is 6.09 Å². The van der Waals surface area contributed by atoms with Gasteiger partial charge in [0.1, 0.15) is 6.61 Å². The lowest BCUT2D eigenvalue weighted by atomic mass is 10.2. The first-order valence-electron chi connectivity index (χ1n) is 5.71. The molecule has 0 unspecified atom stereocenters. The molecular weight excluding hydrogens is 214 g/mol. The fraction of sp³-hybridized carbons (Fsp3) is 0.357. The number of amides is 1. The zero-order valence-electron chi connectivity index (χ0n) is 9.82. The Labute approximate surface area is 102 Å². The monoisotopic (exact) mass is 231 g/mol. The molecule has 0 saturated carbocycles. The Balaban J connectivity index is 2.08. The van der Waals surface area contributed by atoms with Crippen molar-refractivity contribution in [2.75, 3.05) is 6.54 Å². The van der Waals surface area contributed by atoms with E-state index in [1.807, 2.05) is 30.3 Å². The molecule has 1 aromatic rings. The van der Waals surface area contributed by atoms with Crippen molar-refractivity contribution in [3.05, 3.63) is 35.9 Å². The summed E-state index contributed by atoms with van der Waals surface area (Å²) in [5.74, 6) is 2.56. The fourth-order valence-corrected chi connectivity index (χ4v) is 1.32. The van der Waals surface area contributed by atoms with Gasteiger partial charge in [-0.2, -0.15) is 0 Å². The van der Waals surface area contributed by atoms with Gasteiger partial charge in [-0.25, -0.2) is 4.79 Å². The predicted molar refractivity (Wildman–Crippen MR) is 67.3 cm³/mol. The van der Waals surface area contributed by atoms with Gasteiger partial charge in [0.2, 0.25) is 0 Å². The molecule has 3 heteroatoms. The van der Waals surface area contributed by atoms with E-state index in [0.29, 0.717) is 13.2 Å². The topological polar surface area (TPSA) is 38.3 Å². The fourth-order valence-electron chi connectivity index (χ4n) is 1.32. The van der Waals surface area contributed by atoms with Crippen LogP contribution in [0, 0.1) is 12.3 Å². The van der Waals surface area contributed by atoms with Crippen molar-refractivity contribution < 1.29 is 9.53 Å². The molecule has 17 heavy (non-hydrogen) atoms. The number of hydrogen-bond donors (Lipinski definition) is 1. The maximum absolute atomic E-state index is 11.3. The molecule has 1 amide bonds. The van der Waals surface area contributed by atoms with Crippen molar-refractivity contribution >= 4 is 6.09 Å². The third-order valence-corrected chi connectivity index (χ3v) is 2.23. The van der Waals surface area contributed by atoms with Crippen LogP contribution in [0.15, 0.2) is 30.3 Å². The number of nitrogens with one attached hydrogen (secondary N) is 1. The minimum absolute atomic E-state index is 0.303. The summed E-state index contributed by atoms with van der Waals surface area (Å²) in [6.45, 7) is 0.909. The van der Waals surface area contributed by atoms with E-state index < -0.39 is 0 Å². The lowest BCUT2D eigenvalue weighted by molar-refractivity contribution is 0.139. The molecule has 3 nitrogen and oxygen atoms in total. The van der Waals surface area contributed by atoms with Gasteiger partial charge in [0.05, 0.1) is 0 Å². The predicted octanol–water partition coefficient (Wildman–Crippen LogP) is 2.72. The molecule has 0 aliphatic carbocycles. The number of carbonyl (C=O) groups is 1. The third kappa shape index (κ3) is 6.26. The van der Waals surface area contributed by atoms with E-state index in [9.17, 15) is 4.79 Å². The molecular formula is C14H17NO2. The largest absolute Gasteiger partial charge is 0.445 e. The highest BCUT2D eigenvalue weighted by Crippen LogP contribution is 2.00. The van der Waals surface area contributed by atoms with Crippen LogP contribution < -0.4 is 5.32 Å².